The second-order valence-corrected chi connectivity index (χ2v) is 10.5. The third-order valence-electron chi connectivity index (χ3n) is 6.53. The zero-order valence-corrected chi connectivity index (χ0v) is 24.0. The molecule has 0 spiro atoms. The van der Waals surface area contributed by atoms with Crippen molar-refractivity contribution >= 4 is 50.9 Å². The van der Waals surface area contributed by atoms with Gasteiger partial charge in [-0.3, -0.25) is 14.5 Å². The molecule has 0 radical (unpaired) electrons. The van der Waals surface area contributed by atoms with Crippen molar-refractivity contribution < 1.29 is 28.2 Å². The molecule has 0 aliphatic carbocycles. The minimum Gasteiger partial charge on any atom is -0.490 e. The van der Waals surface area contributed by atoms with Crippen molar-refractivity contribution in [1.29, 1.82) is 0 Å². The third kappa shape index (κ3) is 4.82. The number of fused-ring (bicyclic) bond motifs is 2. The van der Waals surface area contributed by atoms with Gasteiger partial charge in [0.2, 0.25) is 5.76 Å². The van der Waals surface area contributed by atoms with E-state index in [9.17, 15) is 14.4 Å². The number of ether oxygens (including phenoxy) is 3. The number of hydrogen-bond acceptors (Lipinski definition) is 9. The molecule has 208 valence electrons. The number of carbonyl (C=O) groups excluding carboxylic acids is 2. The molecule has 1 unspecified atom stereocenters. The molecule has 0 N–H and O–H groups in total. The lowest BCUT2D eigenvalue weighted by atomic mass is 9.98. The van der Waals surface area contributed by atoms with Crippen molar-refractivity contribution in [2.24, 2.45) is 0 Å². The Kier molecular flexibility index (Phi) is 7.82. The van der Waals surface area contributed by atoms with Crippen LogP contribution in [0.5, 0.6) is 11.5 Å². The lowest BCUT2D eigenvalue weighted by Gasteiger charge is -2.23. The average molecular weight is 583 g/mol. The SMILES string of the molecule is CCCCOc1ccc(C2c3c(oc4ccc(Cl)cc4c3=O)C(=O)N2c2nc(C)c(C(=O)OC)s2)cc1OCC. The average Bonchev–Trinajstić information content (AvgIpc) is 3.46. The molecule has 1 amide bonds. The molecule has 2 aromatic heterocycles. The van der Waals surface area contributed by atoms with Crippen LogP contribution in [0, 0.1) is 6.92 Å². The van der Waals surface area contributed by atoms with Gasteiger partial charge in [0.05, 0.1) is 43.0 Å². The van der Waals surface area contributed by atoms with Crippen LogP contribution < -0.4 is 19.8 Å². The largest absolute Gasteiger partial charge is 0.490 e. The van der Waals surface area contributed by atoms with Gasteiger partial charge in [-0.15, -0.1) is 0 Å². The van der Waals surface area contributed by atoms with Gasteiger partial charge in [-0.25, -0.2) is 9.78 Å². The fourth-order valence-electron chi connectivity index (χ4n) is 4.63. The second kappa shape index (κ2) is 11.3. The Morgan fingerprint density at radius 1 is 1.12 bits per heavy atom. The number of halogens is 1. The highest BCUT2D eigenvalue weighted by Gasteiger charge is 2.45. The standard InChI is InChI=1S/C29H27ClN2O7S/c1-5-7-12-38-20-10-8-16(13-21(20)37-6-2)23-22-24(33)18-14-17(30)9-11-19(18)39-25(22)27(34)32(23)29-31-15(3)26(40-29)28(35)36-4/h8-11,13-14,23H,5-7,12H2,1-4H3. The smallest absolute Gasteiger partial charge is 0.350 e. The Morgan fingerprint density at radius 2 is 1.93 bits per heavy atom. The first-order valence-electron chi connectivity index (χ1n) is 12.8. The van der Waals surface area contributed by atoms with Crippen molar-refractivity contribution in [3.05, 3.63) is 79.1 Å². The van der Waals surface area contributed by atoms with E-state index in [-0.39, 0.29) is 37.7 Å². The lowest BCUT2D eigenvalue weighted by Crippen LogP contribution is -2.29. The second-order valence-electron chi connectivity index (χ2n) is 9.14. The van der Waals surface area contributed by atoms with E-state index >= 15 is 0 Å². The molecule has 40 heavy (non-hydrogen) atoms. The first-order valence-corrected chi connectivity index (χ1v) is 14.0. The number of anilines is 1. The van der Waals surface area contributed by atoms with Gasteiger partial charge in [0.15, 0.2) is 22.1 Å². The van der Waals surface area contributed by atoms with E-state index in [1.165, 1.54) is 18.1 Å². The number of aryl methyl sites for hydroxylation is 1. The Balaban J connectivity index is 1.73. The van der Waals surface area contributed by atoms with Crippen molar-refractivity contribution in [3.8, 4) is 11.5 Å². The zero-order valence-electron chi connectivity index (χ0n) is 22.4. The lowest BCUT2D eigenvalue weighted by molar-refractivity contribution is 0.0605. The van der Waals surface area contributed by atoms with E-state index in [1.54, 1.807) is 37.3 Å². The van der Waals surface area contributed by atoms with Crippen LogP contribution >= 0.6 is 22.9 Å². The summed E-state index contributed by atoms with van der Waals surface area (Å²) in [5.74, 6) is -0.177. The van der Waals surface area contributed by atoms with E-state index in [1.807, 2.05) is 6.92 Å². The minimum absolute atomic E-state index is 0.0986. The highest BCUT2D eigenvalue weighted by Crippen LogP contribution is 2.45. The first-order chi connectivity index (χ1) is 19.3. The Bertz CT molecular complexity index is 1680. The number of amides is 1. The maximum atomic E-state index is 13.9. The van der Waals surface area contributed by atoms with Crippen LogP contribution in [-0.2, 0) is 4.74 Å². The molecule has 4 aromatic rings. The summed E-state index contributed by atoms with van der Waals surface area (Å²) >= 11 is 7.20. The predicted octanol–water partition coefficient (Wildman–Crippen LogP) is 6.33. The van der Waals surface area contributed by atoms with E-state index in [0.717, 1.165) is 24.2 Å². The maximum absolute atomic E-state index is 13.9. The number of hydrogen-bond donors (Lipinski definition) is 0. The highest BCUT2D eigenvalue weighted by atomic mass is 35.5. The normalized spacial score (nSPS) is 14.5. The van der Waals surface area contributed by atoms with Crippen LogP contribution in [0.4, 0.5) is 5.13 Å². The molecule has 5 rings (SSSR count). The van der Waals surface area contributed by atoms with Crippen LogP contribution in [0.2, 0.25) is 5.02 Å². The Hall–Kier alpha value is -3.89. The number of methoxy groups -OCH3 is 1. The number of thiazole rings is 1. The summed E-state index contributed by atoms with van der Waals surface area (Å²) in [4.78, 5) is 46.3. The zero-order chi connectivity index (χ0) is 28.6. The monoisotopic (exact) mass is 582 g/mol. The fourth-order valence-corrected chi connectivity index (χ4v) is 5.82. The summed E-state index contributed by atoms with van der Waals surface area (Å²) in [7, 11) is 1.28. The molecule has 0 fully saturated rings. The Morgan fingerprint density at radius 3 is 2.65 bits per heavy atom. The Labute approximate surface area is 239 Å². The van der Waals surface area contributed by atoms with E-state index in [2.05, 4.69) is 11.9 Å². The molecule has 3 heterocycles. The van der Waals surface area contributed by atoms with Crippen molar-refractivity contribution in [3.63, 3.8) is 0 Å². The van der Waals surface area contributed by atoms with Gasteiger partial charge in [0.25, 0.3) is 5.91 Å². The van der Waals surface area contributed by atoms with E-state index in [4.69, 9.17) is 30.2 Å². The number of carbonyl (C=O) groups is 2. The van der Waals surface area contributed by atoms with Crippen LogP contribution in [-0.4, -0.2) is 37.2 Å². The molecular weight excluding hydrogens is 556 g/mol. The van der Waals surface area contributed by atoms with Gasteiger partial charge in [-0.2, -0.15) is 0 Å². The summed E-state index contributed by atoms with van der Waals surface area (Å²) in [6.45, 7) is 6.51. The molecule has 1 aliphatic heterocycles. The van der Waals surface area contributed by atoms with Crippen LogP contribution in [0.25, 0.3) is 11.0 Å². The van der Waals surface area contributed by atoms with Gasteiger partial charge in [0, 0.05) is 5.02 Å². The molecule has 0 bridgehead atoms. The number of unbranched alkanes of at least 4 members (excludes halogenated alkanes) is 1. The van der Waals surface area contributed by atoms with Crippen LogP contribution in [0.1, 0.15) is 69.8 Å². The maximum Gasteiger partial charge on any atom is 0.350 e. The number of esters is 1. The van der Waals surface area contributed by atoms with E-state index < -0.39 is 17.9 Å². The summed E-state index contributed by atoms with van der Waals surface area (Å²) in [6, 6.07) is 9.06. The number of rotatable bonds is 9. The summed E-state index contributed by atoms with van der Waals surface area (Å²) < 4.78 is 22.7. The summed E-state index contributed by atoms with van der Waals surface area (Å²) in [5.41, 5.74) is 0.985. The van der Waals surface area contributed by atoms with E-state index in [0.29, 0.717) is 41.0 Å². The van der Waals surface area contributed by atoms with Crippen LogP contribution in [0.15, 0.2) is 45.6 Å². The minimum atomic E-state index is -0.915. The topological polar surface area (TPSA) is 108 Å². The van der Waals surface area contributed by atoms with Gasteiger partial charge >= 0.3 is 5.97 Å². The first kappa shape index (κ1) is 27.7. The third-order valence-corrected chi connectivity index (χ3v) is 7.91. The molecular formula is C29H27ClN2O7S. The van der Waals surface area contributed by atoms with Gasteiger partial charge < -0.3 is 18.6 Å². The molecule has 2 aromatic carbocycles. The van der Waals surface area contributed by atoms with Crippen LogP contribution in [0.3, 0.4) is 0 Å². The van der Waals surface area contributed by atoms with Crippen molar-refractivity contribution in [1.82, 2.24) is 4.98 Å². The van der Waals surface area contributed by atoms with Gasteiger partial charge in [-0.05, 0) is 56.2 Å². The number of nitrogens with zero attached hydrogens (tertiary/aromatic N) is 2. The predicted molar refractivity (Wildman–Crippen MR) is 152 cm³/mol. The molecule has 0 saturated carbocycles. The molecule has 0 saturated heterocycles. The molecule has 1 aliphatic rings. The van der Waals surface area contributed by atoms with Crippen molar-refractivity contribution in [2.75, 3.05) is 25.2 Å². The van der Waals surface area contributed by atoms with Gasteiger partial charge in [-0.1, -0.05) is 42.3 Å². The highest BCUT2D eigenvalue weighted by molar-refractivity contribution is 7.17. The summed E-state index contributed by atoms with van der Waals surface area (Å²) in [6.07, 6.45) is 1.86. The molecule has 1 atom stereocenters. The molecule has 11 heteroatoms. The quantitative estimate of drug-likeness (QED) is 0.166. The number of benzene rings is 2. The van der Waals surface area contributed by atoms with Crippen molar-refractivity contribution in [2.45, 2.75) is 39.7 Å². The fraction of sp³-hybridized carbons (Fsp3) is 0.310. The van der Waals surface area contributed by atoms with Gasteiger partial charge in [0.1, 0.15) is 10.5 Å². The summed E-state index contributed by atoms with van der Waals surface area (Å²) in [5, 5.41) is 0.839. The molecule has 9 nitrogen and oxygen atoms in total. The number of aromatic nitrogens is 1.